The molecule has 274 valence electrons. The van der Waals surface area contributed by atoms with E-state index in [1.54, 1.807) is 30.9 Å². The second-order valence-corrected chi connectivity index (χ2v) is 15.1. The Kier molecular flexibility index (Phi) is 12.2. The number of amides is 1. The minimum Gasteiger partial charge on any atom is -0.459 e. The summed E-state index contributed by atoms with van der Waals surface area (Å²) in [6.07, 6.45) is 5.82. The van der Waals surface area contributed by atoms with Gasteiger partial charge < -0.3 is 19.4 Å². The zero-order valence-electron chi connectivity index (χ0n) is 31.3. The van der Waals surface area contributed by atoms with E-state index in [4.69, 9.17) is 14.3 Å². The maximum Gasteiger partial charge on any atom is 0.316 e. The summed E-state index contributed by atoms with van der Waals surface area (Å²) in [6.45, 7) is 18.5. The van der Waals surface area contributed by atoms with Gasteiger partial charge in [0.1, 0.15) is 30.0 Å². The van der Waals surface area contributed by atoms with Crippen molar-refractivity contribution in [3.05, 3.63) is 42.4 Å². The maximum atomic E-state index is 14.0. The summed E-state index contributed by atoms with van der Waals surface area (Å²) < 4.78 is 14.5. The summed E-state index contributed by atoms with van der Waals surface area (Å²) in [4.78, 5) is 55.0. The molecule has 2 fully saturated rings. The molecule has 12 nitrogen and oxygen atoms in total. The molecule has 0 radical (unpaired) electrons. The second kappa shape index (κ2) is 15.6. The van der Waals surface area contributed by atoms with Crippen LogP contribution in [0, 0.1) is 35.0 Å². The molecule has 0 aliphatic carbocycles. The van der Waals surface area contributed by atoms with E-state index < -0.39 is 46.4 Å². The van der Waals surface area contributed by atoms with Crippen LogP contribution in [0.3, 0.4) is 0 Å². The van der Waals surface area contributed by atoms with Gasteiger partial charge in [0.05, 0.1) is 17.9 Å². The molecule has 12 heteroatoms. The average Bonchev–Trinajstić information content (AvgIpc) is 3.61. The monoisotopic (exact) mass is 693 g/mol. The highest BCUT2D eigenvalue weighted by Gasteiger charge is 2.53. The smallest absolute Gasteiger partial charge is 0.316 e. The number of esters is 1. The predicted octanol–water partition coefficient (Wildman–Crippen LogP) is 5.93. The Morgan fingerprint density at radius 3 is 2.46 bits per heavy atom. The standard InChI is InChI=1S/C38H55N5O7/c1-11-31-38(10,47)30-15-14-29(42-49-21-28-13-16-32(39-20-28)43-18-12-17-40-43)22-48-37(9,19-23(2)33(24(30)3)41-27(6)44)36(7,8)26(5)34(45)25(4)35(46)50-31/h12-13,16-18,20,23-26,30-31,47H,11,14-15,19,21-22H2,1-10H3/b41-33?,42-29+/t23-,24-,25-,26+,30-,31-,37-,38+/m1/s1. The number of fused-ring (bicyclic) bond motifs is 5. The van der Waals surface area contributed by atoms with E-state index in [2.05, 4.69) is 20.2 Å². The normalized spacial score (nSPS) is 34.4. The Bertz CT molecular complexity index is 1570. The molecular weight excluding hydrogens is 638 g/mol. The van der Waals surface area contributed by atoms with Gasteiger partial charge in [0.25, 0.3) is 0 Å². The number of nitrogens with zero attached hydrogens (tertiary/aromatic N) is 5. The molecule has 0 unspecified atom stereocenters. The fourth-order valence-electron chi connectivity index (χ4n) is 7.64. The molecule has 0 spiro atoms. The number of ether oxygens (including phenoxy) is 2. The summed E-state index contributed by atoms with van der Waals surface area (Å²) in [5.74, 6) is -3.41. The van der Waals surface area contributed by atoms with Crippen LogP contribution in [-0.4, -0.2) is 72.9 Å². The van der Waals surface area contributed by atoms with Gasteiger partial charge in [-0.1, -0.05) is 52.8 Å². The molecule has 2 aromatic rings. The number of ketones is 1. The van der Waals surface area contributed by atoms with Crippen molar-refractivity contribution < 1.29 is 33.8 Å². The van der Waals surface area contributed by atoms with E-state index in [1.807, 2.05) is 72.9 Å². The minimum absolute atomic E-state index is 0.106. The van der Waals surface area contributed by atoms with Gasteiger partial charge >= 0.3 is 5.97 Å². The first-order valence-corrected chi connectivity index (χ1v) is 17.7. The van der Waals surface area contributed by atoms with Crippen molar-refractivity contribution >= 4 is 29.1 Å². The molecule has 2 saturated heterocycles. The fourth-order valence-corrected chi connectivity index (χ4v) is 7.64. The van der Waals surface area contributed by atoms with Gasteiger partial charge in [0, 0.05) is 54.0 Å². The summed E-state index contributed by atoms with van der Waals surface area (Å²) in [5.41, 5.74) is -1.22. The number of aromatic nitrogens is 3. The molecule has 2 aliphatic rings. The van der Waals surface area contributed by atoms with Crippen LogP contribution in [0.4, 0.5) is 0 Å². The highest BCUT2D eigenvalue weighted by Crippen LogP contribution is 2.48. The van der Waals surface area contributed by atoms with E-state index in [1.165, 1.54) is 6.92 Å². The largest absolute Gasteiger partial charge is 0.459 e. The number of carbonyl (C=O) groups is 3. The first-order valence-electron chi connectivity index (χ1n) is 17.7. The first-order chi connectivity index (χ1) is 23.4. The van der Waals surface area contributed by atoms with E-state index in [0.717, 1.165) is 5.56 Å². The lowest BCUT2D eigenvalue weighted by atomic mass is 9.61. The number of cyclic esters (lactones) is 1. The van der Waals surface area contributed by atoms with Crippen LogP contribution < -0.4 is 0 Å². The van der Waals surface area contributed by atoms with Crippen molar-refractivity contribution in [1.82, 2.24) is 14.8 Å². The molecule has 2 bridgehead atoms. The molecule has 2 aliphatic heterocycles. The lowest BCUT2D eigenvalue weighted by Crippen LogP contribution is -2.55. The van der Waals surface area contributed by atoms with Crippen molar-refractivity contribution in [1.29, 1.82) is 0 Å². The van der Waals surface area contributed by atoms with Crippen molar-refractivity contribution in [3.8, 4) is 5.82 Å². The number of Topliss-reactive ketones (excluding diaryl/α,β-unsaturated/α-hetero) is 1. The maximum absolute atomic E-state index is 14.0. The van der Waals surface area contributed by atoms with Crippen LogP contribution in [0.5, 0.6) is 0 Å². The molecule has 4 rings (SSSR count). The number of hydrogen-bond donors (Lipinski definition) is 1. The summed E-state index contributed by atoms with van der Waals surface area (Å²) in [7, 11) is 0. The summed E-state index contributed by atoms with van der Waals surface area (Å²) in [6, 6.07) is 5.58. The molecule has 50 heavy (non-hydrogen) atoms. The van der Waals surface area contributed by atoms with Crippen LogP contribution >= 0.6 is 0 Å². The molecule has 0 saturated carbocycles. The fraction of sp³-hybridized carbons (Fsp3) is 0.658. The molecule has 2 aromatic heterocycles. The Labute approximate surface area is 296 Å². The number of oxime groups is 1. The Morgan fingerprint density at radius 2 is 1.86 bits per heavy atom. The van der Waals surface area contributed by atoms with Gasteiger partial charge in [-0.3, -0.25) is 14.4 Å². The van der Waals surface area contributed by atoms with Gasteiger partial charge in [-0.05, 0) is 70.4 Å². The van der Waals surface area contributed by atoms with E-state index in [9.17, 15) is 19.5 Å². The third kappa shape index (κ3) is 8.23. The zero-order chi connectivity index (χ0) is 37.0. The Balaban J connectivity index is 1.81. The van der Waals surface area contributed by atoms with E-state index in [0.29, 0.717) is 42.9 Å². The van der Waals surface area contributed by atoms with Gasteiger partial charge in [-0.2, -0.15) is 5.10 Å². The molecule has 0 aromatic carbocycles. The minimum atomic E-state index is -1.55. The molecule has 1 amide bonds. The topological polar surface area (TPSA) is 155 Å². The zero-order valence-corrected chi connectivity index (χ0v) is 31.3. The lowest BCUT2D eigenvalue weighted by molar-refractivity contribution is -0.180. The molecular formula is C38H55N5O7. The molecule has 4 heterocycles. The number of carbonyl (C=O) groups excluding carboxylic acids is 3. The highest BCUT2D eigenvalue weighted by molar-refractivity contribution is 6.00. The third-order valence-electron chi connectivity index (χ3n) is 11.5. The molecule has 8 atom stereocenters. The van der Waals surface area contributed by atoms with Crippen LogP contribution in [-0.2, 0) is 35.3 Å². The van der Waals surface area contributed by atoms with Crippen LogP contribution in [0.25, 0.3) is 5.82 Å². The lowest BCUT2D eigenvalue weighted by Gasteiger charge is -2.49. The molecule has 1 N–H and O–H groups in total. The third-order valence-corrected chi connectivity index (χ3v) is 11.5. The van der Waals surface area contributed by atoms with Crippen LogP contribution in [0.15, 0.2) is 46.9 Å². The number of aliphatic hydroxyl groups is 1. The SMILES string of the molecule is CC[C@H]1OC(=O)[C@H](C)C(=O)[C@H](C)C(C)(C)[C@@]2(C)C[C@@H](C)C(=NC(C)=O)[C@H](C)[C@@H](CC/C(=N\OCc3ccc(-n4cccn4)nc3)CO2)[C@]1(C)O. The van der Waals surface area contributed by atoms with Crippen molar-refractivity contribution in [2.24, 2.45) is 45.2 Å². The predicted molar refractivity (Wildman–Crippen MR) is 190 cm³/mol. The van der Waals surface area contributed by atoms with Crippen molar-refractivity contribution in [2.75, 3.05) is 6.61 Å². The Hall–Kier alpha value is -3.77. The van der Waals surface area contributed by atoms with Gasteiger partial charge in [-0.25, -0.2) is 14.7 Å². The van der Waals surface area contributed by atoms with Crippen molar-refractivity contribution in [2.45, 2.75) is 119 Å². The van der Waals surface area contributed by atoms with Crippen molar-refractivity contribution in [3.63, 3.8) is 0 Å². The van der Waals surface area contributed by atoms with Gasteiger partial charge in [0.15, 0.2) is 5.82 Å². The summed E-state index contributed by atoms with van der Waals surface area (Å²) in [5, 5.41) is 21.1. The van der Waals surface area contributed by atoms with Crippen LogP contribution in [0.2, 0.25) is 0 Å². The highest BCUT2D eigenvalue weighted by atomic mass is 16.6. The Morgan fingerprint density at radius 1 is 1.14 bits per heavy atom. The number of rotatable bonds is 5. The number of aliphatic imine (C=N–C) groups is 1. The van der Waals surface area contributed by atoms with Gasteiger partial charge in [-0.15, -0.1) is 0 Å². The van der Waals surface area contributed by atoms with E-state index >= 15 is 0 Å². The quantitative estimate of drug-likeness (QED) is 0.228. The van der Waals surface area contributed by atoms with Crippen LogP contribution in [0.1, 0.15) is 100 Å². The van der Waals surface area contributed by atoms with Gasteiger partial charge in [0.2, 0.25) is 5.91 Å². The number of hydrogen-bond acceptors (Lipinski definition) is 10. The number of pyridine rings is 1. The second-order valence-electron chi connectivity index (χ2n) is 15.1. The summed E-state index contributed by atoms with van der Waals surface area (Å²) >= 11 is 0. The average molecular weight is 694 g/mol. The first kappa shape index (κ1) is 39.0. The van der Waals surface area contributed by atoms with E-state index in [-0.39, 0.29) is 36.7 Å².